The van der Waals surface area contributed by atoms with Gasteiger partial charge < -0.3 is 5.32 Å². The average molecular weight is 373 g/mol. The first kappa shape index (κ1) is 16.6. The molecule has 0 spiro atoms. The van der Waals surface area contributed by atoms with Gasteiger partial charge in [0.15, 0.2) is 0 Å². The number of aryl methyl sites for hydroxylation is 1. The van der Waals surface area contributed by atoms with E-state index in [1.807, 2.05) is 0 Å². The lowest BCUT2D eigenvalue weighted by atomic mass is 10.0. The van der Waals surface area contributed by atoms with Crippen molar-refractivity contribution in [2.45, 2.75) is 12.2 Å². The van der Waals surface area contributed by atoms with Gasteiger partial charge in [0.25, 0.3) is 5.95 Å². The van der Waals surface area contributed by atoms with Gasteiger partial charge in [0, 0.05) is 29.6 Å². The zero-order chi connectivity index (χ0) is 18.3. The van der Waals surface area contributed by atoms with E-state index in [-0.39, 0.29) is 11.7 Å². The third-order valence-electron chi connectivity index (χ3n) is 3.99. The Labute approximate surface area is 151 Å². The number of hydrogen-bond acceptors (Lipinski definition) is 5. The number of nitrogens with one attached hydrogen (secondary N) is 1. The first-order valence-electron chi connectivity index (χ1n) is 7.78. The predicted molar refractivity (Wildman–Crippen MR) is 93.2 cm³/mol. The minimum absolute atomic E-state index is 0.130. The Hall–Kier alpha value is -2.81. The lowest BCUT2D eigenvalue weighted by Gasteiger charge is -2.16. The van der Waals surface area contributed by atoms with E-state index in [9.17, 15) is 13.6 Å². The van der Waals surface area contributed by atoms with Gasteiger partial charge >= 0.3 is 0 Å². The van der Waals surface area contributed by atoms with Crippen LogP contribution in [0.15, 0.2) is 36.7 Å². The highest BCUT2D eigenvalue weighted by Crippen LogP contribution is 2.44. The molecule has 9 heteroatoms. The van der Waals surface area contributed by atoms with Crippen molar-refractivity contribution in [3.05, 3.63) is 65.1 Å². The summed E-state index contributed by atoms with van der Waals surface area (Å²) >= 11 is 1.26. The minimum atomic E-state index is -0.661. The summed E-state index contributed by atoms with van der Waals surface area (Å²) in [4.78, 5) is 20.5. The molecule has 1 aliphatic rings. The summed E-state index contributed by atoms with van der Waals surface area (Å²) in [6.45, 7) is 1.77. The van der Waals surface area contributed by atoms with Crippen molar-refractivity contribution in [1.82, 2.24) is 19.7 Å². The summed E-state index contributed by atoms with van der Waals surface area (Å²) in [6.07, 6.45) is 3.13. The van der Waals surface area contributed by atoms with Crippen LogP contribution in [0.3, 0.4) is 0 Å². The molecule has 4 rings (SSSR count). The molecule has 1 N–H and O–H groups in total. The van der Waals surface area contributed by atoms with E-state index in [0.717, 1.165) is 6.07 Å². The highest BCUT2D eigenvalue weighted by atomic mass is 32.2. The molecule has 0 saturated heterocycles. The number of thioether (sulfide) groups is 1. The van der Waals surface area contributed by atoms with Gasteiger partial charge in [0.1, 0.15) is 17.5 Å². The quantitative estimate of drug-likeness (QED) is 0.748. The lowest BCUT2D eigenvalue weighted by molar-refractivity contribution is -0.113. The molecule has 1 atom stereocenters. The normalized spacial score (nSPS) is 16.7. The number of nitrogens with zero attached hydrogens (tertiary/aromatic N) is 4. The van der Waals surface area contributed by atoms with Crippen LogP contribution in [0.2, 0.25) is 0 Å². The molecule has 0 fully saturated rings. The maximum atomic E-state index is 14.4. The SMILES string of the molecule is Cc1nn(-c2ncccn2)c2c1[C@H](c1ccc(F)cc1F)SCC(=O)N2. The van der Waals surface area contributed by atoms with Crippen LogP contribution in [-0.4, -0.2) is 31.4 Å². The zero-order valence-corrected chi connectivity index (χ0v) is 14.4. The molecule has 1 aliphatic heterocycles. The Balaban J connectivity index is 1.91. The fourth-order valence-electron chi connectivity index (χ4n) is 2.89. The van der Waals surface area contributed by atoms with E-state index in [4.69, 9.17) is 0 Å². The molecular formula is C17H13F2N5OS. The summed E-state index contributed by atoms with van der Waals surface area (Å²) < 4.78 is 29.2. The topological polar surface area (TPSA) is 72.7 Å². The fraction of sp³-hybridized carbons (Fsp3) is 0.176. The molecule has 3 heterocycles. The van der Waals surface area contributed by atoms with Crippen LogP contribution in [0.5, 0.6) is 0 Å². The number of carbonyl (C=O) groups excluding carboxylic acids is 1. The predicted octanol–water partition coefficient (Wildman–Crippen LogP) is 3.02. The molecule has 132 valence electrons. The number of benzene rings is 1. The Bertz CT molecular complexity index is 992. The van der Waals surface area contributed by atoms with E-state index in [1.54, 1.807) is 25.4 Å². The number of aromatic nitrogens is 4. The molecule has 0 aliphatic carbocycles. The Morgan fingerprint density at radius 2 is 2.04 bits per heavy atom. The monoisotopic (exact) mass is 373 g/mol. The molecule has 0 saturated carbocycles. The first-order chi connectivity index (χ1) is 12.5. The molecule has 0 unspecified atom stereocenters. The van der Waals surface area contributed by atoms with Crippen LogP contribution >= 0.6 is 11.8 Å². The maximum absolute atomic E-state index is 14.4. The first-order valence-corrected chi connectivity index (χ1v) is 8.83. The lowest BCUT2D eigenvalue weighted by Crippen LogP contribution is -2.16. The van der Waals surface area contributed by atoms with Crippen molar-refractivity contribution in [2.24, 2.45) is 0 Å². The molecule has 3 aromatic rings. The van der Waals surface area contributed by atoms with Crippen LogP contribution in [0.4, 0.5) is 14.6 Å². The minimum Gasteiger partial charge on any atom is -0.309 e. The fourth-order valence-corrected chi connectivity index (χ4v) is 4.10. The van der Waals surface area contributed by atoms with Crippen molar-refractivity contribution in [3.8, 4) is 5.95 Å². The number of anilines is 1. The maximum Gasteiger partial charge on any atom is 0.252 e. The summed E-state index contributed by atoms with van der Waals surface area (Å²) in [7, 11) is 0. The van der Waals surface area contributed by atoms with E-state index >= 15 is 0 Å². The third-order valence-corrected chi connectivity index (χ3v) is 5.25. The number of fused-ring (bicyclic) bond motifs is 1. The standard InChI is InChI=1S/C17H13F2N5OS/c1-9-14-15(11-4-3-10(18)7-12(11)19)26-8-13(25)22-16(14)24(23-9)17-20-5-2-6-21-17/h2-7,15H,8H2,1H3,(H,22,25)/t15-/m0/s1. The third kappa shape index (κ3) is 2.84. The van der Waals surface area contributed by atoms with E-state index in [1.165, 1.54) is 28.6 Å². The Morgan fingerprint density at radius 3 is 2.77 bits per heavy atom. The van der Waals surface area contributed by atoms with Crippen molar-refractivity contribution in [2.75, 3.05) is 11.1 Å². The molecular weight excluding hydrogens is 360 g/mol. The van der Waals surface area contributed by atoms with Crippen LogP contribution < -0.4 is 5.32 Å². The molecule has 0 radical (unpaired) electrons. The molecule has 1 amide bonds. The zero-order valence-electron chi connectivity index (χ0n) is 13.6. The van der Waals surface area contributed by atoms with Gasteiger partial charge in [0.05, 0.1) is 16.7 Å². The van der Waals surface area contributed by atoms with E-state index < -0.39 is 16.9 Å². The summed E-state index contributed by atoms with van der Waals surface area (Å²) in [5.74, 6) is -0.723. The number of carbonyl (C=O) groups is 1. The van der Waals surface area contributed by atoms with Gasteiger partial charge in [-0.05, 0) is 19.1 Å². The van der Waals surface area contributed by atoms with Crippen molar-refractivity contribution in [3.63, 3.8) is 0 Å². The van der Waals surface area contributed by atoms with Crippen molar-refractivity contribution >= 4 is 23.5 Å². The van der Waals surface area contributed by atoms with Crippen LogP contribution in [-0.2, 0) is 4.79 Å². The summed E-state index contributed by atoms with van der Waals surface area (Å²) in [5.41, 5.74) is 1.56. The second-order valence-corrected chi connectivity index (χ2v) is 6.81. The van der Waals surface area contributed by atoms with Gasteiger partial charge in [-0.3, -0.25) is 4.79 Å². The highest BCUT2D eigenvalue weighted by Gasteiger charge is 2.32. The van der Waals surface area contributed by atoms with E-state index in [2.05, 4.69) is 20.4 Å². The second kappa shape index (κ2) is 6.49. The summed E-state index contributed by atoms with van der Waals surface area (Å²) in [5, 5.41) is 6.72. The average Bonchev–Trinajstić information content (AvgIpc) is 2.83. The molecule has 1 aromatic carbocycles. The van der Waals surface area contributed by atoms with Crippen LogP contribution in [0.25, 0.3) is 5.95 Å². The number of hydrogen-bond donors (Lipinski definition) is 1. The van der Waals surface area contributed by atoms with Crippen molar-refractivity contribution < 1.29 is 13.6 Å². The molecule has 26 heavy (non-hydrogen) atoms. The largest absolute Gasteiger partial charge is 0.309 e. The summed E-state index contributed by atoms with van der Waals surface area (Å²) in [6, 6.07) is 5.12. The van der Waals surface area contributed by atoms with Crippen molar-refractivity contribution in [1.29, 1.82) is 0 Å². The van der Waals surface area contributed by atoms with Gasteiger partial charge in [-0.2, -0.15) is 9.78 Å². The van der Waals surface area contributed by atoms with Gasteiger partial charge in [-0.15, -0.1) is 11.8 Å². The number of halogens is 2. The second-order valence-electron chi connectivity index (χ2n) is 5.71. The molecule has 6 nitrogen and oxygen atoms in total. The van der Waals surface area contributed by atoms with Crippen LogP contribution in [0, 0.1) is 18.6 Å². The van der Waals surface area contributed by atoms with Gasteiger partial charge in [0.2, 0.25) is 5.91 Å². The smallest absolute Gasteiger partial charge is 0.252 e. The van der Waals surface area contributed by atoms with E-state index in [0.29, 0.717) is 28.6 Å². The Kier molecular flexibility index (Phi) is 4.15. The van der Waals surface area contributed by atoms with Gasteiger partial charge in [-0.1, -0.05) is 6.07 Å². The number of rotatable bonds is 2. The van der Waals surface area contributed by atoms with Crippen LogP contribution in [0.1, 0.15) is 22.1 Å². The molecule has 0 bridgehead atoms. The number of amides is 1. The van der Waals surface area contributed by atoms with Gasteiger partial charge in [-0.25, -0.2) is 18.7 Å². The highest BCUT2D eigenvalue weighted by molar-refractivity contribution is 8.00. The molecule has 2 aromatic heterocycles. The Morgan fingerprint density at radius 1 is 1.27 bits per heavy atom.